The summed E-state index contributed by atoms with van der Waals surface area (Å²) in [5.74, 6) is 1.76. The molecule has 2 amide bonds. The lowest BCUT2D eigenvalue weighted by Gasteiger charge is -2.57. The largest absolute Gasteiger partial charge is 0.352 e. The van der Waals surface area contributed by atoms with Crippen molar-refractivity contribution in [3.8, 4) is 0 Å². The van der Waals surface area contributed by atoms with Crippen LogP contribution in [0.2, 0.25) is 0 Å². The molecule has 40 heavy (non-hydrogen) atoms. The maximum atomic E-state index is 13.7. The van der Waals surface area contributed by atoms with Crippen LogP contribution in [0.25, 0.3) is 0 Å². The van der Waals surface area contributed by atoms with E-state index < -0.39 is 22.0 Å². The molecule has 4 saturated carbocycles. The van der Waals surface area contributed by atoms with Crippen LogP contribution < -0.4 is 9.62 Å². The maximum Gasteiger partial charge on any atom is 0.244 e. The number of amides is 2. The maximum absolute atomic E-state index is 13.7. The number of anilines is 1. The van der Waals surface area contributed by atoms with Gasteiger partial charge in [0.2, 0.25) is 21.8 Å². The number of hydrogen-bond acceptors (Lipinski definition) is 4. The first-order chi connectivity index (χ1) is 18.9. The molecule has 6 rings (SSSR count). The molecule has 4 aliphatic carbocycles. The number of nitrogens with zero attached hydrogens (tertiary/aromatic N) is 2. The quantitative estimate of drug-likeness (QED) is 0.446. The number of rotatable bonds is 10. The van der Waals surface area contributed by atoms with Crippen LogP contribution in [-0.2, 0) is 31.6 Å². The number of hydrogen-bond donors (Lipinski definition) is 1. The fraction of sp³-hybridized carbons (Fsp3) is 0.562. The van der Waals surface area contributed by atoms with Gasteiger partial charge in [0.25, 0.3) is 0 Å². The number of nitrogens with one attached hydrogen (secondary N) is 1. The highest BCUT2D eigenvalue weighted by Crippen LogP contribution is 2.60. The molecule has 0 spiro atoms. The van der Waals surface area contributed by atoms with Crippen molar-refractivity contribution in [2.75, 3.05) is 17.1 Å². The Morgan fingerprint density at radius 1 is 0.900 bits per heavy atom. The van der Waals surface area contributed by atoms with Crippen molar-refractivity contribution >= 4 is 27.5 Å². The Morgan fingerprint density at radius 2 is 1.45 bits per heavy atom. The first kappa shape index (κ1) is 28.7. The Morgan fingerprint density at radius 3 is 1.95 bits per heavy atom. The van der Waals surface area contributed by atoms with E-state index in [2.05, 4.69) is 17.4 Å². The van der Waals surface area contributed by atoms with E-state index in [0.717, 1.165) is 29.6 Å². The highest BCUT2D eigenvalue weighted by atomic mass is 32.2. The lowest BCUT2D eigenvalue weighted by Crippen LogP contribution is -2.52. The number of benzene rings is 2. The Labute approximate surface area is 239 Å². The second kappa shape index (κ2) is 11.2. The zero-order valence-electron chi connectivity index (χ0n) is 24.2. The fourth-order valence-electron chi connectivity index (χ4n) is 7.83. The van der Waals surface area contributed by atoms with E-state index in [4.69, 9.17) is 0 Å². The van der Waals surface area contributed by atoms with Gasteiger partial charge in [0.15, 0.2) is 0 Å². The van der Waals surface area contributed by atoms with Crippen LogP contribution in [0.3, 0.4) is 0 Å². The van der Waals surface area contributed by atoms with Crippen LogP contribution in [0.1, 0.15) is 70.4 Å². The number of sulfonamides is 1. The minimum atomic E-state index is -3.76. The van der Waals surface area contributed by atoms with Gasteiger partial charge in [-0.15, -0.1) is 0 Å². The molecule has 1 N–H and O–H groups in total. The second-order valence-electron chi connectivity index (χ2n) is 12.9. The van der Waals surface area contributed by atoms with E-state index in [9.17, 15) is 18.0 Å². The molecule has 1 atom stereocenters. The Bertz CT molecular complexity index is 1290. The minimum Gasteiger partial charge on any atom is -0.352 e. The molecular formula is C32H43N3O4S. The normalized spacial score (nSPS) is 26.0. The molecule has 2 aromatic rings. The molecule has 0 aromatic heterocycles. The van der Waals surface area contributed by atoms with Gasteiger partial charge in [-0.05, 0) is 106 Å². The zero-order valence-corrected chi connectivity index (χ0v) is 25.0. The fourth-order valence-corrected chi connectivity index (χ4v) is 8.68. The van der Waals surface area contributed by atoms with Gasteiger partial charge in [0.1, 0.15) is 12.6 Å². The van der Waals surface area contributed by atoms with E-state index in [1.54, 1.807) is 6.92 Å². The molecule has 0 saturated heterocycles. The molecule has 0 radical (unpaired) electrons. The van der Waals surface area contributed by atoms with E-state index in [1.165, 1.54) is 53.3 Å². The number of carbonyl (C=O) groups is 2. The van der Waals surface area contributed by atoms with Crippen molar-refractivity contribution in [3.63, 3.8) is 0 Å². The molecule has 4 bridgehead atoms. The first-order valence-electron chi connectivity index (χ1n) is 14.7. The summed E-state index contributed by atoms with van der Waals surface area (Å²) in [6.45, 7) is 5.25. The van der Waals surface area contributed by atoms with Gasteiger partial charge in [0, 0.05) is 12.6 Å². The molecule has 2 aromatic carbocycles. The second-order valence-corrected chi connectivity index (χ2v) is 14.8. The van der Waals surface area contributed by atoms with Crippen molar-refractivity contribution < 1.29 is 18.0 Å². The summed E-state index contributed by atoms with van der Waals surface area (Å²) in [5, 5.41) is 2.87. The van der Waals surface area contributed by atoms with Crippen molar-refractivity contribution in [2.24, 2.45) is 17.8 Å². The number of carbonyl (C=O) groups excluding carboxylic acids is 2. The Hall–Kier alpha value is -2.87. The lowest BCUT2D eigenvalue weighted by molar-refractivity contribution is -0.139. The molecule has 216 valence electrons. The van der Waals surface area contributed by atoms with Crippen molar-refractivity contribution in [3.05, 3.63) is 65.7 Å². The third-order valence-electron chi connectivity index (χ3n) is 9.28. The molecule has 4 aliphatic rings. The highest BCUT2D eigenvalue weighted by molar-refractivity contribution is 7.92. The SMILES string of the molecule is CC(C)NC(=O)[C@@H](C)N(Cc1ccccc1)C(=O)CN(c1ccc(C23CC4CC(CC(C4)C2)C3)cc1)S(C)(=O)=O. The van der Waals surface area contributed by atoms with Crippen LogP contribution in [0.5, 0.6) is 0 Å². The van der Waals surface area contributed by atoms with Crippen molar-refractivity contribution in [1.82, 2.24) is 10.2 Å². The van der Waals surface area contributed by atoms with E-state index in [0.29, 0.717) is 5.69 Å². The predicted molar refractivity (Wildman–Crippen MR) is 158 cm³/mol. The van der Waals surface area contributed by atoms with Gasteiger partial charge in [-0.25, -0.2) is 8.42 Å². The van der Waals surface area contributed by atoms with Crippen LogP contribution >= 0.6 is 0 Å². The molecule has 7 nitrogen and oxygen atoms in total. The summed E-state index contributed by atoms with van der Waals surface area (Å²) in [6, 6.07) is 16.5. The minimum absolute atomic E-state index is 0.0800. The molecule has 0 heterocycles. The van der Waals surface area contributed by atoms with Crippen LogP contribution in [0.4, 0.5) is 5.69 Å². The third-order valence-corrected chi connectivity index (χ3v) is 10.4. The topological polar surface area (TPSA) is 86.8 Å². The highest BCUT2D eigenvalue weighted by Gasteiger charge is 2.51. The smallest absolute Gasteiger partial charge is 0.244 e. The summed E-state index contributed by atoms with van der Waals surface area (Å²) >= 11 is 0. The van der Waals surface area contributed by atoms with Gasteiger partial charge >= 0.3 is 0 Å². The molecule has 0 aliphatic heterocycles. The van der Waals surface area contributed by atoms with Gasteiger partial charge in [-0.3, -0.25) is 13.9 Å². The molecule has 0 unspecified atom stereocenters. The van der Waals surface area contributed by atoms with Crippen LogP contribution in [0.15, 0.2) is 54.6 Å². The monoisotopic (exact) mass is 565 g/mol. The zero-order chi connectivity index (χ0) is 28.7. The first-order valence-corrected chi connectivity index (χ1v) is 16.5. The average molecular weight is 566 g/mol. The summed E-state index contributed by atoms with van der Waals surface area (Å²) in [7, 11) is -3.76. The van der Waals surface area contributed by atoms with Crippen molar-refractivity contribution in [2.45, 2.75) is 83.3 Å². The van der Waals surface area contributed by atoms with E-state index in [-0.39, 0.29) is 30.5 Å². The Kier molecular flexibility index (Phi) is 8.01. The van der Waals surface area contributed by atoms with E-state index in [1.807, 2.05) is 56.3 Å². The predicted octanol–water partition coefficient (Wildman–Crippen LogP) is 4.86. The van der Waals surface area contributed by atoms with Gasteiger partial charge in [-0.2, -0.15) is 0 Å². The molecular weight excluding hydrogens is 522 g/mol. The Balaban J connectivity index is 1.38. The summed E-state index contributed by atoms with van der Waals surface area (Å²) < 4.78 is 27.1. The van der Waals surface area contributed by atoms with Gasteiger partial charge in [0.05, 0.1) is 11.9 Å². The van der Waals surface area contributed by atoms with Crippen LogP contribution in [0, 0.1) is 17.8 Å². The van der Waals surface area contributed by atoms with Crippen LogP contribution in [-0.4, -0.2) is 50.0 Å². The molecule has 8 heteroatoms. The van der Waals surface area contributed by atoms with Gasteiger partial charge in [-0.1, -0.05) is 42.5 Å². The standard InChI is InChI=1S/C32H43N3O4S/c1-22(2)33-31(37)23(3)34(20-24-8-6-5-7-9-24)30(36)21-35(40(4,38)39)29-12-10-28(11-13-29)32-17-25-14-26(18-32)16-27(15-25)19-32/h5-13,22-23,25-27H,14-21H2,1-4H3,(H,33,37)/t23-,25?,26?,27?,32?/m1/s1. The average Bonchev–Trinajstić information content (AvgIpc) is 2.89. The van der Waals surface area contributed by atoms with Gasteiger partial charge < -0.3 is 10.2 Å². The lowest BCUT2D eigenvalue weighted by atomic mass is 9.48. The summed E-state index contributed by atoms with van der Waals surface area (Å²) in [4.78, 5) is 28.1. The van der Waals surface area contributed by atoms with E-state index >= 15 is 0 Å². The third kappa shape index (κ3) is 6.07. The molecule has 4 fully saturated rings. The summed E-state index contributed by atoms with van der Waals surface area (Å²) in [6.07, 6.45) is 8.94. The summed E-state index contributed by atoms with van der Waals surface area (Å²) in [5.41, 5.74) is 2.86. The van der Waals surface area contributed by atoms with Crippen molar-refractivity contribution in [1.29, 1.82) is 0 Å².